The summed E-state index contributed by atoms with van der Waals surface area (Å²) in [6, 6.07) is 9.84. The van der Waals surface area contributed by atoms with Crippen molar-refractivity contribution in [2.75, 3.05) is 0 Å². The lowest BCUT2D eigenvalue weighted by Crippen LogP contribution is -2.14. The molecule has 1 saturated carbocycles. The van der Waals surface area contributed by atoms with Gasteiger partial charge in [0.05, 0.1) is 0 Å². The number of hydrogen-bond donors (Lipinski definition) is 1. The van der Waals surface area contributed by atoms with E-state index >= 15 is 0 Å². The van der Waals surface area contributed by atoms with Gasteiger partial charge < -0.3 is 5.11 Å². The molecule has 0 saturated heterocycles. The van der Waals surface area contributed by atoms with Crippen LogP contribution in [0.3, 0.4) is 0 Å². The van der Waals surface area contributed by atoms with Gasteiger partial charge in [-0.25, -0.2) is 0 Å². The molecule has 1 aliphatic rings. The molecule has 0 bridgehead atoms. The number of benzene rings is 1. The van der Waals surface area contributed by atoms with Crippen LogP contribution in [-0.4, -0.2) is 5.11 Å². The number of aliphatic hydroxyl groups excluding tert-OH is 1. The van der Waals surface area contributed by atoms with E-state index in [0.717, 1.165) is 11.1 Å². The van der Waals surface area contributed by atoms with E-state index < -0.39 is 6.10 Å². The topological polar surface area (TPSA) is 20.2 Å². The second-order valence-electron chi connectivity index (χ2n) is 4.72. The third-order valence-electron chi connectivity index (χ3n) is 3.60. The van der Waals surface area contributed by atoms with Crippen molar-refractivity contribution in [1.29, 1.82) is 0 Å². The van der Waals surface area contributed by atoms with E-state index in [0.29, 0.717) is 5.92 Å². The van der Waals surface area contributed by atoms with Gasteiger partial charge in [0.2, 0.25) is 0 Å². The van der Waals surface area contributed by atoms with Crippen molar-refractivity contribution in [2.45, 2.75) is 38.2 Å². The molecule has 86 valence electrons. The summed E-state index contributed by atoms with van der Waals surface area (Å²) >= 11 is 0. The minimum absolute atomic E-state index is 0.482. The molecular formula is C15H20O. The molecule has 1 aromatic carbocycles. The van der Waals surface area contributed by atoms with Gasteiger partial charge in [0.1, 0.15) is 6.10 Å². The van der Waals surface area contributed by atoms with E-state index in [4.69, 9.17) is 0 Å². The molecule has 1 heteroatoms. The van der Waals surface area contributed by atoms with Crippen molar-refractivity contribution in [1.82, 2.24) is 0 Å². The zero-order chi connectivity index (χ0) is 11.4. The lowest BCUT2D eigenvalue weighted by Gasteiger charge is -2.27. The van der Waals surface area contributed by atoms with E-state index in [9.17, 15) is 5.11 Å². The Balaban J connectivity index is 2.04. The molecule has 0 amide bonds. The highest BCUT2D eigenvalue weighted by Crippen LogP contribution is 2.35. The minimum Gasteiger partial charge on any atom is -0.384 e. The quantitative estimate of drug-likeness (QED) is 0.761. The second-order valence-corrected chi connectivity index (χ2v) is 4.72. The van der Waals surface area contributed by atoms with Crippen LogP contribution >= 0.6 is 0 Å². The summed E-state index contributed by atoms with van der Waals surface area (Å²) in [5, 5.41) is 10.2. The summed E-state index contributed by atoms with van der Waals surface area (Å²) in [7, 11) is 0. The minimum atomic E-state index is -0.482. The van der Waals surface area contributed by atoms with Crippen molar-refractivity contribution in [3.63, 3.8) is 0 Å². The Kier molecular flexibility index (Phi) is 3.79. The maximum absolute atomic E-state index is 10.2. The van der Waals surface area contributed by atoms with Gasteiger partial charge in [-0.3, -0.25) is 0 Å². The van der Waals surface area contributed by atoms with Gasteiger partial charge in [0.15, 0.2) is 0 Å². The largest absolute Gasteiger partial charge is 0.384 e. The van der Waals surface area contributed by atoms with Gasteiger partial charge in [-0.05, 0) is 29.9 Å². The Morgan fingerprint density at radius 1 is 1.12 bits per heavy atom. The van der Waals surface area contributed by atoms with E-state index in [2.05, 4.69) is 6.58 Å². The highest BCUT2D eigenvalue weighted by Gasteiger charge is 2.22. The first-order valence-electron chi connectivity index (χ1n) is 6.20. The lowest BCUT2D eigenvalue weighted by molar-refractivity contribution is 0.192. The fourth-order valence-electron chi connectivity index (χ4n) is 2.55. The normalized spacial score (nSPS) is 19.3. The van der Waals surface area contributed by atoms with Gasteiger partial charge in [-0.2, -0.15) is 0 Å². The standard InChI is InChI=1S/C15H20O/c1-12(13-8-4-2-5-9-13)15(16)14-10-6-3-7-11-14/h3,6-7,10-11,13,15-16H,1-2,4-5,8-9H2. The third kappa shape index (κ3) is 2.53. The summed E-state index contributed by atoms with van der Waals surface area (Å²) in [6.07, 6.45) is 5.82. The number of rotatable bonds is 3. The fourth-order valence-corrected chi connectivity index (χ4v) is 2.55. The monoisotopic (exact) mass is 216 g/mol. The van der Waals surface area contributed by atoms with E-state index in [1.54, 1.807) is 0 Å². The van der Waals surface area contributed by atoms with Gasteiger partial charge in [0.25, 0.3) is 0 Å². The first kappa shape index (κ1) is 11.4. The van der Waals surface area contributed by atoms with Crippen LogP contribution in [-0.2, 0) is 0 Å². The van der Waals surface area contributed by atoms with Gasteiger partial charge in [-0.15, -0.1) is 0 Å². The average Bonchev–Trinajstić information content (AvgIpc) is 2.39. The first-order chi connectivity index (χ1) is 7.79. The molecule has 1 unspecified atom stereocenters. The molecule has 16 heavy (non-hydrogen) atoms. The molecule has 0 spiro atoms. The SMILES string of the molecule is C=C(C1CCCCC1)C(O)c1ccccc1. The van der Waals surface area contributed by atoms with Crippen LogP contribution in [0, 0.1) is 5.92 Å². The van der Waals surface area contributed by atoms with Gasteiger partial charge >= 0.3 is 0 Å². The molecule has 0 aromatic heterocycles. The van der Waals surface area contributed by atoms with Crippen LogP contribution in [0.5, 0.6) is 0 Å². The summed E-state index contributed by atoms with van der Waals surface area (Å²) in [5.41, 5.74) is 1.98. The van der Waals surface area contributed by atoms with Gasteiger partial charge in [-0.1, -0.05) is 56.2 Å². The fraction of sp³-hybridized carbons (Fsp3) is 0.467. The molecule has 0 heterocycles. The van der Waals surface area contributed by atoms with Crippen molar-refractivity contribution in [3.05, 3.63) is 48.0 Å². The molecule has 1 atom stereocenters. The zero-order valence-electron chi connectivity index (χ0n) is 9.73. The number of aliphatic hydroxyl groups is 1. The Hall–Kier alpha value is -1.08. The van der Waals surface area contributed by atoms with E-state index in [1.807, 2.05) is 30.3 Å². The highest BCUT2D eigenvalue weighted by atomic mass is 16.3. The maximum atomic E-state index is 10.2. The Bertz CT molecular complexity index is 336. The molecule has 1 nitrogen and oxygen atoms in total. The van der Waals surface area contributed by atoms with Crippen LogP contribution in [0.2, 0.25) is 0 Å². The van der Waals surface area contributed by atoms with E-state index in [-0.39, 0.29) is 0 Å². The van der Waals surface area contributed by atoms with Crippen LogP contribution in [0.15, 0.2) is 42.5 Å². The average molecular weight is 216 g/mol. The molecule has 1 N–H and O–H groups in total. The molecule has 0 radical (unpaired) electrons. The van der Waals surface area contributed by atoms with Crippen molar-refractivity contribution >= 4 is 0 Å². The Labute approximate surface area is 97.8 Å². The molecule has 2 rings (SSSR count). The molecule has 1 fully saturated rings. The van der Waals surface area contributed by atoms with Crippen LogP contribution in [0.1, 0.15) is 43.8 Å². The van der Waals surface area contributed by atoms with Crippen molar-refractivity contribution < 1.29 is 5.11 Å². The van der Waals surface area contributed by atoms with Crippen LogP contribution in [0.25, 0.3) is 0 Å². The summed E-state index contributed by atoms with van der Waals surface area (Å²) in [5.74, 6) is 0.518. The maximum Gasteiger partial charge on any atom is 0.100 e. The lowest BCUT2D eigenvalue weighted by atomic mass is 9.81. The summed E-state index contributed by atoms with van der Waals surface area (Å²) in [6.45, 7) is 4.10. The smallest absolute Gasteiger partial charge is 0.100 e. The number of hydrogen-bond acceptors (Lipinski definition) is 1. The Morgan fingerprint density at radius 3 is 2.38 bits per heavy atom. The van der Waals surface area contributed by atoms with Crippen LogP contribution in [0.4, 0.5) is 0 Å². The first-order valence-corrected chi connectivity index (χ1v) is 6.20. The molecule has 1 aromatic rings. The van der Waals surface area contributed by atoms with Gasteiger partial charge in [0, 0.05) is 0 Å². The van der Waals surface area contributed by atoms with E-state index in [1.165, 1.54) is 32.1 Å². The van der Waals surface area contributed by atoms with Crippen molar-refractivity contribution in [3.8, 4) is 0 Å². The molecule has 1 aliphatic carbocycles. The summed E-state index contributed by atoms with van der Waals surface area (Å²) < 4.78 is 0. The second kappa shape index (κ2) is 5.31. The zero-order valence-corrected chi connectivity index (χ0v) is 9.73. The third-order valence-corrected chi connectivity index (χ3v) is 3.60. The molecular weight excluding hydrogens is 196 g/mol. The predicted molar refractivity (Wildman–Crippen MR) is 67.1 cm³/mol. The predicted octanol–water partition coefficient (Wildman–Crippen LogP) is 3.86. The van der Waals surface area contributed by atoms with Crippen LogP contribution < -0.4 is 0 Å². The molecule has 0 aliphatic heterocycles. The highest BCUT2D eigenvalue weighted by molar-refractivity contribution is 5.25. The Morgan fingerprint density at radius 2 is 1.75 bits per heavy atom. The van der Waals surface area contributed by atoms with Crippen molar-refractivity contribution in [2.24, 2.45) is 5.92 Å². The summed E-state index contributed by atoms with van der Waals surface area (Å²) in [4.78, 5) is 0.